The molecular formula is C16H18FNO2. The molecule has 1 heterocycles. The van der Waals surface area contributed by atoms with Crippen molar-refractivity contribution in [1.29, 1.82) is 0 Å². The fraction of sp³-hybridized carbons (Fsp3) is 0.312. The van der Waals surface area contributed by atoms with Crippen molar-refractivity contribution in [1.82, 2.24) is 5.32 Å². The number of aryl methyl sites for hydroxylation is 3. The Hall–Kier alpha value is -2.10. The lowest BCUT2D eigenvalue weighted by atomic mass is 10.1. The van der Waals surface area contributed by atoms with Gasteiger partial charge in [0.1, 0.15) is 17.3 Å². The molecule has 1 aromatic carbocycles. The fourth-order valence-electron chi connectivity index (χ4n) is 2.14. The third-order valence-electron chi connectivity index (χ3n) is 3.48. The highest BCUT2D eigenvalue weighted by atomic mass is 19.1. The Morgan fingerprint density at radius 1 is 1.20 bits per heavy atom. The number of benzene rings is 1. The molecule has 1 N–H and O–H groups in total. The van der Waals surface area contributed by atoms with Crippen molar-refractivity contribution in [2.45, 2.75) is 34.2 Å². The van der Waals surface area contributed by atoms with E-state index in [2.05, 4.69) is 5.32 Å². The van der Waals surface area contributed by atoms with Crippen LogP contribution in [0.25, 0.3) is 0 Å². The highest BCUT2D eigenvalue weighted by molar-refractivity contribution is 5.96. The summed E-state index contributed by atoms with van der Waals surface area (Å²) >= 11 is 0. The van der Waals surface area contributed by atoms with Crippen LogP contribution in [0.2, 0.25) is 0 Å². The average molecular weight is 275 g/mol. The molecule has 2 rings (SSSR count). The quantitative estimate of drug-likeness (QED) is 0.930. The number of hydrogen-bond acceptors (Lipinski definition) is 2. The van der Waals surface area contributed by atoms with E-state index in [0.29, 0.717) is 23.4 Å². The van der Waals surface area contributed by atoms with Crippen molar-refractivity contribution in [2.24, 2.45) is 0 Å². The van der Waals surface area contributed by atoms with Gasteiger partial charge in [0.25, 0.3) is 5.91 Å². The highest BCUT2D eigenvalue weighted by Crippen LogP contribution is 2.20. The van der Waals surface area contributed by atoms with Gasteiger partial charge in [-0.25, -0.2) is 4.39 Å². The van der Waals surface area contributed by atoms with Crippen LogP contribution in [-0.2, 0) is 6.54 Å². The molecule has 2 aromatic rings. The summed E-state index contributed by atoms with van der Waals surface area (Å²) in [6.45, 7) is 7.44. The van der Waals surface area contributed by atoms with Gasteiger partial charge in [-0.1, -0.05) is 12.1 Å². The number of carbonyl (C=O) groups excluding carboxylic acids is 1. The van der Waals surface area contributed by atoms with E-state index in [0.717, 1.165) is 16.9 Å². The lowest BCUT2D eigenvalue weighted by molar-refractivity contribution is 0.0949. The van der Waals surface area contributed by atoms with Crippen molar-refractivity contribution < 1.29 is 13.6 Å². The van der Waals surface area contributed by atoms with E-state index in [4.69, 9.17) is 4.42 Å². The van der Waals surface area contributed by atoms with Crippen LogP contribution >= 0.6 is 0 Å². The van der Waals surface area contributed by atoms with Gasteiger partial charge < -0.3 is 9.73 Å². The monoisotopic (exact) mass is 275 g/mol. The maximum Gasteiger partial charge on any atom is 0.255 e. The van der Waals surface area contributed by atoms with E-state index in [1.54, 1.807) is 26.0 Å². The maximum atomic E-state index is 13.4. The van der Waals surface area contributed by atoms with Crippen molar-refractivity contribution in [3.05, 3.63) is 57.8 Å². The number of amides is 1. The van der Waals surface area contributed by atoms with E-state index in [-0.39, 0.29) is 11.7 Å². The minimum Gasteiger partial charge on any atom is -0.466 e. The molecule has 0 atom stereocenters. The second-order valence-corrected chi connectivity index (χ2v) is 4.98. The summed E-state index contributed by atoms with van der Waals surface area (Å²) in [4.78, 5) is 12.2. The van der Waals surface area contributed by atoms with Crippen LogP contribution in [-0.4, -0.2) is 5.91 Å². The lowest BCUT2D eigenvalue weighted by Gasteiger charge is -2.06. The van der Waals surface area contributed by atoms with E-state index in [1.165, 1.54) is 6.07 Å². The zero-order valence-electron chi connectivity index (χ0n) is 12.1. The molecule has 0 aliphatic heterocycles. The van der Waals surface area contributed by atoms with Gasteiger partial charge in [-0.2, -0.15) is 0 Å². The van der Waals surface area contributed by atoms with Crippen molar-refractivity contribution in [3.8, 4) is 0 Å². The molecule has 0 spiro atoms. The molecule has 0 bridgehead atoms. The molecule has 0 radical (unpaired) electrons. The topological polar surface area (TPSA) is 42.2 Å². The molecule has 4 heteroatoms. The smallest absolute Gasteiger partial charge is 0.255 e. The Morgan fingerprint density at radius 3 is 2.45 bits per heavy atom. The van der Waals surface area contributed by atoms with E-state index < -0.39 is 0 Å². The van der Waals surface area contributed by atoms with Gasteiger partial charge >= 0.3 is 0 Å². The summed E-state index contributed by atoms with van der Waals surface area (Å²) in [5.41, 5.74) is 2.74. The molecule has 0 saturated carbocycles. The molecule has 20 heavy (non-hydrogen) atoms. The first-order valence-electron chi connectivity index (χ1n) is 6.50. The van der Waals surface area contributed by atoms with E-state index >= 15 is 0 Å². The van der Waals surface area contributed by atoms with E-state index in [1.807, 2.05) is 13.8 Å². The van der Waals surface area contributed by atoms with Gasteiger partial charge in [0.2, 0.25) is 0 Å². The number of carbonyl (C=O) groups is 1. The first kappa shape index (κ1) is 14.3. The molecular weight excluding hydrogens is 257 g/mol. The third-order valence-corrected chi connectivity index (χ3v) is 3.48. The number of halogens is 1. The second-order valence-electron chi connectivity index (χ2n) is 4.98. The Morgan fingerprint density at radius 2 is 1.90 bits per heavy atom. The SMILES string of the molecule is Cc1ccc(CNC(=O)c2c(C)oc(C)c2C)cc1F. The molecule has 0 aliphatic rings. The minimum absolute atomic E-state index is 0.196. The first-order chi connectivity index (χ1) is 9.40. The highest BCUT2D eigenvalue weighted by Gasteiger charge is 2.18. The average Bonchev–Trinajstić information content (AvgIpc) is 2.64. The molecule has 1 aromatic heterocycles. The zero-order chi connectivity index (χ0) is 14.9. The van der Waals surface area contributed by atoms with Crippen LogP contribution in [0.1, 0.15) is 38.6 Å². The van der Waals surface area contributed by atoms with Crippen molar-refractivity contribution >= 4 is 5.91 Å². The van der Waals surface area contributed by atoms with Crippen LogP contribution < -0.4 is 5.32 Å². The third kappa shape index (κ3) is 2.74. The molecule has 1 amide bonds. The summed E-state index contributed by atoms with van der Waals surface area (Å²) in [5, 5.41) is 2.79. The van der Waals surface area contributed by atoms with Gasteiger partial charge in [0.05, 0.1) is 5.56 Å². The number of furan rings is 1. The molecule has 0 saturated heterocycles. The summed E-state index contributed by atoms with van der Waals surface area (Å²) in [6, 6.07) is 4.95. The van der Waals surface area contributed by atoms with Crippen LogP contribution in [0.3, 0.4) is 0 Å². The van der Waals surface area contributed by atoms with Crippen LogP contribution in [0, 0.1) is 33.5 Å². The number of rotatable bonds is 3. The molecule has 3 nitrogen and oxygen atoms in total. The zero-order valence-corrected chi connectivity index (χ0v) is 12.1. The number of nitrogens with one attached hydrogen (secondary N) is 1. The second kappa shape index (κ2) is 5.49. The Kier molecular flexibility index (Phi) is 3.93. The van der Waals surface area contributed by atoms with Crippen LogP contribution in [0.15, 0.2) is 22.6 Å². The summed E-state index contributed by atoms with van der Waals surface area (Å²) in [7, 11) is 0. The number of hydrogen-bond donors (Lipinski definition) is 1. The van der Waals surface area contributed by atoms with Crippen LogP contribution in [0.4, 0.5) is 4.39 Å². The Balaban J connectivity index is 2.10. The minimum atomic E-state index is -0.261. The molecule has 106 valence electrons. The molecule has 0 fully saturated rings. The van der Waals surface area contributed by atoms with Gasteiger partial charge in [-0.3, -0.25) is 4.79 Å². The maximum absolute atomic E-state index is 13.4. The standard InChI is InChI=1S/C16H18FNO2/c1-9-5-6-13(7-14(9)17)8-18-16(19)15-10(2)11(3)20-12(15)4/h5-7H,8H2,1-4H3,(H,18,19). The fourth-order valence-corrected chi connectivity index (χ4v) is 2.14. The van der Waals surface area contributed by atoms with E-state index in [9.17, 15) is 9.18 Å². The van der Waals surface area contributed by atoms with Crippen molar-refractivity contribution in [2.75, 3.05) is 0 Å². The summed E-state index contributed by atoms with van der Waals surface area (Å²) in [6.07, 6.45) is 0. The van der Waals surface area contributed by atoms with Crippen molar-refractivity contribution in [3.63, 3.8) is 0 Å². The Bertz CT molecular complexity index is 659. The molecule has 0 unspecified atom stereocenters. The predicted molar refractivity (Wildman–Crippen MR) is 75.2 cm³/mol. The predicted octanol–water partition coefficient (Wildman–Crippen LogP) is 3.58. The normalized spacial score (nSPS) is 10.7. The van der Waals surface area contributed by atoms with Crippen LogP contribution in [0.5, 0.6) is 0 Å². The molecule has 0 aliphatic carbocycles. The van der Waals surface area contributed by atoms with Gasteiger partial charge in [0.15, 0.2) is 0 Å². The summed E-state index contributed by atoms with van der Waals surface area (Å²) < 4.78 is 18.9. The van der Waals surface area contributed by atoms with Gasteiger partial charge in [-0.05, 0) is 44.9 Å². The van der Waals surface area contributed by atoms with Gasteiger partial charge in [-0.15, -0.1) is 0 Å². The Labute approximate surface area is 117 Å². The lowest BCUT2D eigenvalue weighted by Crippen LogP contribution is -2.23. The largest absolute Gasteiger partial charge is 0.466 e. The van der Waals surface area contributed by atoms with Gasteiger partial charge in [0, 0.05) is 12.1 Å². The summed E-state index contributed by atoms with van der Waals surface area (Å²) in [5.74, 6) is 0.891. The first-order valence-corrected chi connectivity index (χ1v) is 6.50.